The van der Waals surface area contributed by atoms with E-state index in [1.807, 2.05) is 18.3 Å². The Balaban J connectivity index is 1.85. The highest BCUT2D eigenvalue weighted by atomic mass is 16.2. The second-order valence-electron chi connectivity index (χ2n) is 5.64. The fourth-order valence-electron chi connectivity index (χ4n) is 2.40. The lowest BCUT2D eigenvalue weighted by Crippen LogP contribution is -2.42. The summed E-state index contributed by atoms with van der Waals surface area (Å²) in [4.78, 5) is 15.1. The van der Waals surface area contributed by atoms with E-state index < -0.39 is 6.04 Å². The second kappa shape index (κ2) is 6.57. The first-order valence-electron chi connectivity index (χ1n) is 7.16. The zero-order chi connectivity index (χ0) is 14.5. The number of carbonyl (C=O) groups is 1. The maximum atomic E-state index is 11.8. The lowest BCUT2D eigenvalue weighted by molar-refractivity contribution is -0.122. The molecular weight excluding hydrogens is 250 g/mol. The number of aromatic nitrogens is 1. The largest absolute Gasteiger partial charge is 0.361 e. The van der Waals surface area contributed by atoms with Crippen LogP contribution in [0.1, 0.15) is 25.8 Å². The first-order chi connectivity index (χ1) is 9.58. The first kappa shape index (κ1) is 14.6. The smallest absolute Gasteiger partial charge is 0.236 e. The summed E-state index contributed by atoms with van der Waals surface area (Å²) in [6.07, 6.45) is 3.54. The molecule has 1 atom stereocenters. The molecule has 4 nitrogen and oxygen atoms in total. The number of nitrogens with one attached hydrogen (secondary N) is 2. The Kier molecular flexibility index (Phi) is 4.79. The average Bonchev–Trinajstić information content (AvgIpc) is 2.81. The summed E-state index contributed by atoms with van der Waals surface area (Å²) in [5.74, 6) is 0.378. The fraction of sp³-hybridized carbons (Fsp3) is 0.438. The van der Waals surface area contributed by atoms with Gasteiger partial charge in [-0.3, -0.25) is 4.79 Å². The molecule has 4 N–H and O–H groups in total. The Hall–Kier alpha value is -1.81. The normalized spacial score (nSPS) is 12.8. The van der Waals surface area contributed by atoms with E-state index in [0.717, 1.165) is 18.4 Å². The standard InChI is InChI=1S/C16H23N3O/c1-11(2)9-14(17)16(20)18-8-7-12-10-19-15-6-4-3-5-13(12)15/h3-6,10-11,14,19H,7-9,17H2,1-2H3,(H,18,20). The molecule has 0 bridgehead atoms. The molecule has 4 heteroatoms. The maximum Gasteiger partial charge on any atom is 0.236 e. The van der Waals surface area contributed by atoms with Gasteiger partial charge in [0, 0.05) is 23.6 Å². The molecule has 0 spiro atoms. The zero-order valence-electron chi connectivity index (χ0n) is 12.1. The van der Waals surface area contributed by atoms with Crippen molar-refractivity contribution in [3.8, 4) is 0 Å². The third kappa shape index (κ3) is 3.61. The lowest BCUT2D eigenvalue weighted by atomic mass is 10.0. The van der Waals surface area contributed by atoms with Gasteiger partial charge in [0.25, 0.3) is 0 Å². The van der Waals surface area contributed by atoms with Crippen LogP contribution in [0, 0.1) is 5.92 Å². The van der Waals surface area contributed by atoms with E-state index in [0.29, 0.717) is 12.5 Å². The summed E-state index contributed by atoms with van der Waals surface area (Å²) in [6, 6.07) is 7.77. The van der Waals surface area contributed by atoms with Crippen LogP contribution in [0.2, 0.25) is 0 Å². The van der Waals surface area contributed by atoms with Gasteiger partial charge in [-0.2, -0.15) is 0 Å². The Morgan fingerprint density at radius 1 is 1.35 bits per heavy atom. The van der Waals surface area contributed by atoms with Gasteiger partial charge in [-0.25, -0.2) is 0 Å². The van der Waals surface area contributed by atoms with Crippen molar-refractivity contribution in [1.29, 1.82) is 0 Å². The van der Waals surface area contributed by atoms with Gasteiger partial charge >= 0.3 is 0 Å². The minimum absolute atomic E-state index is 0.0569. The second-order valence-corrected chi connectivity index (χ2v) is 5.64. The number of hydrogen-bond acceptors (Lipinski definition) is 2. The van der Waals surface area contributed by atoms with Gasteiger partial charge in [0.1, 0.15) is 0 Å². The van der Waals surface area contributed by atoms with E-state index >= 15 is 0 Å². The van der Waals surface area contributed by atoms with Crippen molar-refractivity contribution in [2.45, 2.75) is 32.7 Å². The Morgan fingerprint density at radius 2 is 2.10 bits per heavy atom. The van der Waals surface area contributed by atoms with Gasteiger partial charge in [0.2, 0.25) is 5.91 Å². The highest BCUT2D eigenvalue weighted by Crippen LogP contribution is 2.17. The molecule has 1 heterocycles. The molecule has 0 saturated carbocycles. The number of H-pyrrole nitrogens is 1. The fourth-order valence-corrected chi connectivity index (χ4v) is 2.40. The van der Waals surface area contributed by atoms with Crippen LogP contribution < -0.4 is 11.1 Å². The maximum absolute atomic E-state index is 11.8. The molecule has 2 rings (SSSR count). The number of aromatic amines is 1. The number of carbonyl (C=O) groups excluding carboxylic acids is 1. The van der Waals surface area contributed by atoms with Crippen LogP contribution in [0.3, 0.4) is 0 Å². The Morgan fingerprint density at radius 3 is 2.85 bits per heavy atom. The van der Waals surface area contributed by atoms with Crippen molar-refractivity contribution in [2.24, 2.45) is 11.7 Å². The number of nitrogens with two attached hydrogens (primary N) is 1. The summed E-state index contributed by atoms with van der Waals surface area (Å²) in [6.45, 7) is 4.75. The van der Waals surface area contributed by atoms with Gasteiger partial charge in [0.05, 0.1) is 6.04 Å². The number of para-hydroxylation sites is 1. The van der Waals surface area contributed by atoms with Crippen LogP contribution in [-0.4, -0.2) is 23.5 Å². The number of hydrogen-bond donors (Lipinski definition) is 3. The van der Waals surface area contributed by atoms with Crippen molar-refractivity contribution < 1.29 is 4.79 Å². The molecule has 1 unspecified atom stereocenters. The summed E-state index contributed by atoms with van der Waals surface area (Å²) in [7, 11) is 0. The molecule has 0 fully saturated rings. The van der Waals surface area contributed by atoms with E-state index in [4.69, 9.17) is 5.73 Å². The molecular formula is C16H23N3O. The van der Waals surface area contributed by atoms with Crippen LogP contribution in [-0.2, 0) is 11.2 Å². The van der Waals surface area contributed by atoms with Gasteiger partial charge < -0.3 is 16.0 Å². The Labute approximate surface area is 119 Å². The number of benzene rings is 1. The van der Waals surface area contributed by atoms with Crippen LogP contribution >= 0.6 is 0 Å². The Bertz CT molecular complexity index is 574. The van der Waals surface area contributed by atoms with Gasteiger partial charge in [-0.05, 0) is 30.4 Å². The van der Waals surface area contributed by atoms with Crippen molar-refractivity contribution in [3.05, 3.63) is 36.0 Å². The molecule has 1 aromatic carbocycles. The number of fused-ring (bicyclic) bond motifs is 1. The highest BCUT2D eigenvalue weighted by Gasteiger charge is 2.14. The lowest BCUT2D eigenvalue weighted by Gasteiger charge is -2.13. The summed E-state index contributed by atoms with van der Waals surface area (Å²) in [5.41, 5.74) is 8.20. The summed E-state index contributed by atoms with van der Waals surface area (Å²) < 4.78 is 0. The molecule has 20 heavy (non-hydrogen) atoms. The van der Waals surface area contributed by atoms with E-state index in [1.54, 1.807) is 0 Å². The predicted octanol–water partition coefficient (Wildman–Crippen LogP) is 2.20. The molecule has 2 aromatic rings. The third-order valence-corrected chi connectivity index (χ3v) is 3.43. The quantitative estimate of drug-likeness (QED) is 0.755. The van der Waals surface area contributed by atoms with Crippen molar-refractivity contribution >= 4 is 16.8 Å². The van der Waals surface area contributed by atoms with E-state index in [9.17, 15) is 4.79 Å². The first-order valence-corrected chi connectivity index (χ1v) is 7.16. The predicted molar refractivity (Wildman–Crippen MR) is 82.4 cm³/mol. The molecule has 0 saturated heterocycles. The van der Waals surface area contributed by atoms with Crippen molar-refractivity contribution in [2.75, 3.05) is 6.54 Å². The van der Waals surface area contributed by atoms with Crippen LogP contribution in [0.5, 0.6) is 0 Å². The van der Waals surface area contributed by atoms with Gasteiger partial charge in [0.15, 0.2) is 0 Å². The third-order valence-electron chi connectivity index (χ3n) is 3.43. The topological polar surface area (TPSA) is 70.9 Å². The zero-order valence-corrected chi connectivity index (χ0v) is 12.1. The van der Waals surface area contributed by atoms with Crippen molar-refractivity contribution in [3.63, 3.8) is 0 Å². The number of rotatable bonds is 6. The molecule has 1 amide bonds. The van der Waals surface area contributed by atoms with Crippen LogP contribution in [0.15, 0.2) is 30.5 Å². The van der Waals surface area contributed by atoms with E-state index in [2.05, 4.69) is 36.3 Å². The van der Waals surface area contributed by atoms with Crippen LogP contribution in [0.4, 0.5) is 0 Å². The molecule has 0 radical (unpaired) electrons. The summed E-state index contributed by atoms with van der Waals surface area (Å²) >= 11 is 0. The van der Waals surface area contributed by atoms with Gasteiger partial charge in [-0.15, -0.1) is 0 Å². The van der Waals surface area contributed by atoms with Crippen molar-refractivity contribution in [1.82, 2.24) is 10.3 Å². The minimum Gasteiger partial charge on any atom is -0.361 e. The highest BCUT2D eigenvalue weighted by molar-refractivity contribution is 5.83. The molecule has 0 aliphatic carbocycles. The molecule has 108 valence electrons. The monoisotopic (exact) mass is 273 g/mol. The summed E-state index contributed by atoms with van der Waals surface area (Å²) in [5, 5.41) is 4.13. The SMILES string of the molecule is CC(C)CC(N)C(=O)NCCc1c[nH]c2ccccc12. The van der Waals surface area contributed by atoms with Gasteiger partial charge in [-0.1, -0.05) is 32.0 Å². The number of amides is 1. The minimum atomic E-state index is -0.405. The van der Waals surface area contributed by atoms with Crippen LogP contribution in [0.25, 0.3) is 10.9 Å². The van der Waals surface area contributed by atoms with E-state index in [-0.39, 0.29) is 5.91 Å². The molecule has 1 aromatic heterocycles. The molecule has 0 aliphatic rings. The molecule has 0 aliphatic heterocycles. The average molecular weight is 273 g/mol. The van der Waals surface area contributed by atoms with E-state index in [1.165, 1.54) is 10.9 Å².